The van der Waals surface area contributed by atoms with Crippen LogP contribution in [0, 0.1) is 6.92 Å². The van der Waals surface area contributed by atoms with Crippen molar-refractivity contribution in [1.29, 1.82) is 0 Å². The standard InChI is InChI=1S/C16H20N2O2/c1-4-19-16(20-5-2)15-12(3)11-14(17-18-15)13-9-7-6-8-10-13/h6-11,16H,4-5H2,1-3H3. The molecule has 4 heteroatoms. The van der Waals surface area contributed by atoms with Crippen LogP contribution in [0.2, 0.25) is 0 Å². The van der Waals surface area contributed by atoms with Crippen molar-refractivity contribution in [3.05, 3.63) is 47.7 Å². The molecule has 2 aromatic rings. The summed E-state index contributed by atoms with van der Waals surface area (Å²) in [6, 6.07) is 12.0. The molecule has 1 aromatic heterocycles. The zero-order chi connectivity index (χ0) is 14.4. The van der Waals surface area contributed by atoms with Gasteiger partial charge >= 0.3 is 0 Å². The Bertz CT molecular complexity index is 537. The van der Waals surface area contributed by atoms with E-state index in [1.165, 1.54) is 0 Å². The summed E-state index contributed by atoms with van der Waals surface area (Å²) in [6.07, 6.45) is -0.442. The molecule has 0 aliphatic carbocycles. The van der Waals surface area contributed by atoms with Crippen LogP contribution < -0.4 is 0 Å². The smallest absolute Gasteiger partial charge is 0.203 e. The number of nitrogens with zero attached hydrogens (tertiary/aromatic N) is 2. The largest absolute Gasteiger partial charge is 0.347 e. The van der Waals surface area contributed by atoms with Crippen LogP contribution in [0.25, 0.3) is 11.3 Å². The van der Waals surface area contributed by atoms with Gasteiger partial charge in [0.25, 0.3) is 0 Å². The monoisotopic (exact) mass is 272 g/mol. The molecular formula is C16H20N2O2. The van der Waals surface area contributed by atoms with E-state index in [4.69, 9.17) is 9.47 Å². The highest BCUT2D eigenvalue weighted by molar-refractivity contribution is 5.59. The van der Waals surface area contributed by atoms with E-state index in [0.717, 1.165) is 22.5 Å². The van der Waals surface area contributed by atoms with Crippen LogP contribution in [0.3, 0.4) is 0 Å². The number of rotatable bonds is 6. The summed E-state index contributed by atoms with van der Waals surface area (Å²) >= 11 is 0. The van der Waals surface area contributed by atoms with Gasteiger partial charge in [0.1, 0.15) is 5.69 Å². The van der Waals surface area contributed by atoms with Crippen LogP contribution in [0.4, 0.5) is 0 Å². The van der Waals surface area contributed by atoms with Crippen molar-refractivity contribution in [3.8, 4) is 11.3 Å². The van der Waals surface area contributed by atoms with Gasteiger partial charge in [-0.05, 0) is 32.4 Å². The molecular weight excluding hydrogens is 252 g/mol. The molecule has 0 N–H and O–H groups in total. The summed E-state index contributed by atoms with van der Waals surface area (Å²) in [5.74, 6) is 0. The lowest BCUT2D eigenvalue weighted by Crippen LogP contribution is -2.13. The van der Waals surface area contributed by atoms with Gasteiger partial charge in [0, 0.05) is 18.8 Å². The molecule has 0 aliphatic rings. The predicted octanol–water partition coefficient (Wildman–Crippen LogP) is 3.52. The van der Waals surface area contributed by atoms with Crippen LogP contribution >= 0.6 is 0 Å². The van der Waals surface area contributed by atoms with Crippen LogP contribution in [-0.4, -0.2) is 23.4 Å². The highest BCUT2D eigenvalue weighted by Crippen LogP contribution is 2.23. The molecule has 1 aromatic carbocycles. The minimum absolute atomic E-state index is 0.442. The summed E-state index contributed by atoms with van der Waals surface area (Å²) in [5, 5.41) is 8.58. The van der Waals surface area contributed by atoms with Gasteiger partial charge in [-0.2, -0.15) is 5.10 Å². The second kappa shape index (κ2) is 7.12. The zero-order valence-corrected chi connectivity index (χ0v) is 12.2. The summed E-state index contributed by atoms with van der Waals surface area (Å²) < 4.78 is 11.1. The Balaban J connectivity index is 2.29. The summed E-state index contributed by atoms with van der Waals surface area (Å²) in [4.78, 5) is 0. The first kappa shape index (κ1) is 14.6. The molecule has 0 radical (unpaired) electrons. The molecule has 0 aliphatic heterocycles. The number of benzene rings is 1. The number of ether oxygens (including phenoxy) is 2. The Labute approximate surface area is 119 Å². The van der Waals surface area contributed by atoms with Crippen molar-refractivity contribution in [2.45, 2.75) is 27.1 Å². The Hall–Kier alpha value is -1.78. The Morgan fingerprint density at radius 3 is 2.20 bits per heavy atom. The molecule has 0 saturated carbocycles. The fraction of sp³-hybridized carbons (Fsp3) is 0.375. The SMILES string of the molecule is CCOC(OCC)c1nnc(-c2ccccc2)cc1C. The number of hydrogen-bond acceptors (Lipinski definition) is 4. The van der Waals surface area contributed by atoms with E-state index in [1.807, 2.05) is 57.2 Å². The molecule has 0 fully saturated rings. The van der Waals surface area contributed by atoms with Crippen LogP contribution in [0.15, 0.2) is 36.4 Å². The van der Waals surface area contributed by atoms with Crippen LogP contribution in [0.5, 0.6) is 0 Å². The maximum Gasteiger partial charge on any atom is 0.203 e. The van der Waals surface area contributed by atoms with E-state index in [2.05, 4.69) is 10.2 Å². The second-order valence-corrected chi connectivity index (χ2v) is 4.41. The highest BCUT2D eigenvalue weighted by Gasteiger charge is 2.17. The third-order valence-electron chi connectivity index (χ3n) is 2.95. The minimum Gasteiger partial charge on any atom is -0.347 e. The Morgan fingerprint density at radius 1 is 1.00 bits per heavy atom. The lowest BCUT2D eigenvalue weighted by Gasteiger charge is -2.17. The maximum absolute atomic E-state index is 5.57. The summed E-state index contributed by atoms with van der Waals surface area (Å²) in [6.45, 7) is 7.03. The zero-order valence-electron chi connectivity index (χ0n) is 12.2. The first-order chi connectivity index (χ1) is 9.76. The highest BCUT2D eigenvalue weighted by atomic mass is 16.7. The van der Waals surface area contributed by atoms with Gasteiger partial charge in [0.05, 0.1) is 5.69 Å². The third-order valence-corrected chi connectivity index (χ3v) is 2.95. The van der Waals surface area contributed by atoms with E-state index >= 15 is 0 Å². The van der Waals surface area contributed by atoms with Crippen molar-refractivity contribution < 1.29 is 9.47 Å². The van der Waals surface area contributed by atoms with Gasteiger partial charge in [-0.15, -0.1) is 5.10 Å². The third kappa shape index (κ3) is 3.40. The van der Waals surface area contributed by atoms with Gasteiger partial charge in [-0.3, -0.25) is 0 Å². The van der Waals surface area contributed by atoms with Crippen molar-refractivity contribution in [3.63, 3.8) is 0 Å². The molecule has 2 rings (SSSR count). The lowest BCUT2D eigenvalue weighted by molar-refractivity contribution is -0.143. The average Bonchev–Trinajstić information content (AvgIpc) is 2.48. The second-order valence-electron chi connectivity index (χ2n) is 4.41. The van der Waals surface area contributed by atoms with Gasteiger partial charge in [0.2, 0.25) is 6.29 Å². The van der Waals surface area contributed by atoms with E-state index in [-0.39, 0.29) is 0 Å². The van der Waals surface area contributed by atoms with Crippen molar-refractivity contribution in [1.82, 2.24) is 10.2 Å². The van der Waals surface area contributed by atoms with Gasteiger partial charge in [0.15, 0.2) is 0 Å². The van der Waals surface area contributed by atoms with Gasteiger partial charge < -0.3 is 9.47 Å². The van der Waals surface area contributed by atoms with Gasteiger partial charge in [-0.1, -0.05) is 30.3 Å². The van der Waals surface area contributed by atoms with E-state index < -0.39 is 6.29 Å². The minimum atomic E-state index is -0.442. The number of hydrogen-bond donors (Lipinski definition) is 0. The topological polar surface area (TPSA) is 44.2 Å². The summed E-state index contributed by atoms with van der Waals surface area (Å²) in [5.41, 5.74) is 3.68. The molecule has 0 bridgehead atoms. The summed E-state index contributed by atoms with van der Waals surface area (Å²) in [7, 11) is 0. The van der Waals surface area contributed by atoms with Crippen LogP contribution in [0.1, 0.15) is 31.4 Å². The average molecular weight is 272 g/mol. The van der Waals surface area contributed by atoms with Crippen molar-refractivity contribution >= 4 is 0 Å². The molecule has 106 valence electrons. The molecule has 0 saturated heterocycles. The fourth-order valence-electron chi connectivity index (χ4n) is 1.99. The van der Waals surface area contributed by atoms with Crippen LogP contribution in [-0.2, 0) is 9.47 Å². The molecule has 1 heterocycles. The molecule has 0 amide bonds. The maximum atomic E-state index is 5.57. The quantitative estimate of drug-likeness (QED) is 0.755. The Morgan fingerprint density at radius 2 is 1.65 bits per heavy atom. The van der Waals surface area contributed by atoms with Gasteiger partial charge in [-0.25, -0.2) is 0 Å². The first-order valence-electron chi connectivity index (χ1n) is 6.89. The fourth-order valence-corrected chi connectivity index (χ4v) is 1.99. The van der Waals surface area contributed by atoms with E-state index in [9.17, 15) is 0 Å². The van der Waals surface area contributed by atoms with Crippen molar-refractivity contribution in [2.75, 3.05) is 13.2 Å². The normalized spacial score (nSPS) is 11.0. The van der Waals surface area contributed by atoms with E-state index in [0.29, 0.717) is 13.2 Å². The van der Waals surface area contributed by atoms with E-state index in [1.54, 1.807) is 0 Å². The molecule has 0 atom stereocenters. The number of aryl methyl sites for hydroxylation is 1. The van der Waals surface area contributed by atoms with Crippen molar-refractivity contribution in [2.24, 2.45) is 0 Å². The number of aromatic nitrogens is 2. The first-order valence-corrected chi connectivity index (χ1v) is 6.89. The molecule has 20 heavy (non-hydrogen) atoms. The molecule has 4 nitrogen and oxygen atoms in total. The lowest BCUT2D eigenvalue weighted by atomic mass is 10.1. The Kier molecular flexibility index (Phi) is 5.21. The molecule has 0 unspecified atom stereocenters. The molecule has 0 spiro atoms. The predicted molar refractivity (Wildman–Crippen MR) is 78.2 cm³/mol.